The van der Waals surface area contributed by atoms with E-state index in [9.17, 15) is 0 Å². The molecular formula is C15H22N6. The van der Waals surface area contributed by atoms with E-state index in [0.29, 0.717) is 0 Å². The number of rotatable bonds is 4. The molecule has 1 aromatic heterocycles. The zero-order valence-electron chi connectivity index (χ0n) is 12.7. The van der Waals surface area contributed by atoms with Crippen LogP contribution < -0.4 is 5.32 Å². The van der Waals surface area contributed by atoms with Gasteiger partial charge in [-0.25, -0.2) is 4.68 Å². The first-order valence-corrected chi connectivity index (χ1v) is 7.49. The van der Waals surface area contributed by atoms with Crippen LogP contribution in [0.15, 0.2) is 24.5 Å². The lowest BCUT2D eigenvalue weighted by atomic mass is 9.97. The largest absolute Gasteiger partial charge is 0.385 e. The summed E-state index contributed by atoms with van der Waals surface area (Å²) in [6.07, 6.45) is 4.17. The van der Waals surface area contributed by atoms with Gasteiger partial charge in [0.2, 0.25) is 0 Å². The molecule has 1 aliphatic rings. The fraction of sp³-hybridized carbons (Fsp3) is 0.533. The van der Waals surface area contributed by atoms with Crippen molar-refractivity contribution in [3.63, 3.8) is 0 Å². The summed E-state index contributed by atoms with van der Waals surface area (Å²) in [5, 5.41) is 14.9. The van der Waals surface area contributed by atoms with Gasteiger partial charge < -0.3 is 10.2 Å². The quantitative estimate of drug-likeness (QED) is 0.927. The number of piperidine rings is 1. The van der Waals surface area contributed by atoms with Gasteiger partial charge >= 0.3 is 0 Å². The van der Waals surface area contributed by atoms with Crippen molar-refractivity contribution in [2.75, 3.05) is 32.0 Å². The zero-order chi connectivity index (χ0) is 14.7. The molecule has 6 heteroatoms. The first kappa shape index (κ1) is 14.0. The summed E-state index contributed by atoms with van der Waals surface area (Å²) in [6, 6.07) is 6.34. The molecule has 2 aromatic rings. The highest BCUT2D eigenvalue weighted by molar-refractivity contribution is 5.54. The van der Waals surface area contributed by atoms with Gasteiger partial charge in [-0.2, -0.15) is 0 Å². The Morgan fingerprint density at radius 3 is 2.81 bits per heavy atom. The van der Waals surface area contributed by atoms with Gasteiger partial charge in [-0.15, -0.1) is 5.10 Å². The molecule has 0 amide bonds. The number of aromatic nitrogens is 4. The summed E-state index contributed by atoms with van der Waals surface area (Å²) in [7, 11) is 2.20. The van der Waals surface area contributed by atoms with Crippen LogP contribution in [0.5, 0.6) is 0 Å². The SMILES string of the molecule is Cc1ccc(NCC2CCN(C)CC2)cc1-n1cnnn1. The second-order valence-corrected chi connectivity index (χ2v) is 5.88. The predicted molar refractivity (Wildman–Crippen MR) is 82.6 cm³/mol. The van der Waals surface area contributed by atoms with Crippen LogP contribution in [-0.2, 0) is 0 Å². The maximum Gasteiger partial charge on any atom is 0.143 e. The molecular weight excluding hydrogens is 264 g/mol. The molecule has 0 unspecified atom stereocenters. The highest BCUT2D eigenvalue weighted by Crippen LogP contribution is 2.20. The first-order valence-electron chi connectivity index (χ1n) is 7.49. The number of anilines is 1. The number of aryl methyl sites for hydroxylation is 1. The Morgan fingerprint density at radius 2 is 2.10 bits per heavy atom. The Hall–Kier alpha value is -1.95. The topological polar surface area (TPSA) is 58.9 Å². The summed E-state index contributed by atoms with van der Waals surface area (Å²) >= 11 is 0. The molecule has 21 heavy (non-hydrogen) atoms. The maximum atomic E-state index is 3.97. The van der Waals surface area contributed by atoms with E-state index < -0.39 is 0 Å². The number of hydrogen-bond donors (Lipinski definition) is 1. The Balaban J connectivity index is 1.65. The Morgan fingerprint density at radius 1 is 1.29 bits per heavy atom. The number of hydrogen-bond acceptors (Lipinski definition) is 5. The van der Waals surface area contributed by atoms with Crippen LogP contribution in [0.2, 0.25) is 0 Å². The van der Waals surface area contributed by atoms with E-state index in [-0.39, 0.29) is 0 Å². The van der Waals surface area contributed by atoms with Gasteiger partial charge in [-0.1, -0.05) is 6.07 Å². The van der Waals surface area contributed by atoms with Gasteiger partial charge in [0, 0.05) is 12.2 Å². The lowest BCUT2D eigenvalue weighted by Gasteiger charge is -2.29. The minimum absolute atomic E-state index is 0.763. The third-order valence-corrected chi connectivity index (χ3v) is 4.24. The van der Waals surface area contributed by atoms with Crippen molar-refractivity contribution in [3.05, 3.63) is 30.1 Å². The summed E-state index contributed by atoms with van der Waals surface area (Å²) in [6.45, 7) is 5.51. The molecule has 1 aliphatic heterocycles. The van der Waals surface area contributed by atoms with Crippen LogP contribution in [0, 0.1) is 12.8 Å². The lowest BCUT2D eigenvalue weighted by Crippen LogP contribution is -2.32. The van der Waals surface area contributed by atoms with Gasteiger partial charge in [0.15, 0.2) is 0 Å². The normalized spacial score (nSPS) is 17.0. The van der Waals surface area contributed by atoms with Gasteiger partial charge in [-0.05, 0) is 73.9 Å². The van der Waals surface area contributed by atoms with E-state index in [4.69, 9.17) is 0 Å². The molecule has 0 atom stereocenters. The highest BCUT2D eigenvalue weighted by atomic mass is 15.5. The molecule has 0 aliphatic carbocycles. The van der Waals surface area contributed by atoms with Gasteiger partial charge in [-0.3, -0.25) is 0 Å². The molecule has 1 aromatic carbocycles. The van der Waals surface area contributed by atoms with Crippen LogP contribution in [0.25, 0.3) is 5.69 Å². The molecule has 1 saturated heterocycles. The molecule has 0 bridgehead atoms. The second-order valence-electron chi connectivity index (χ2n) is 5.88. The smallest absolute Gasteiger partial charge is 0.143 e. The van der Waals surface area contributed by atoms with E-state index in [0.717, 1.165) is 29.4 Å². The molecule has 112 valence electrons. The third-order valence-electron chi connectivity index (χ3n) is 4.24. The maximum absolute atomic E-state index is 3.97. The fourth-order valence-electron chi connectivity index (χ4n) is 2.77. The van der Waals surface area contributed by atoms with Crippen molar-refractivity contribution in [2.45, 2.75) is 19.8 Å². The molecule has 6 nitrogen and oxygen atoms in total. The summed E-state index contributed by atoms with van der Waals surface area (Å²) in [5.74, 6) is 0.763. The minimum Gasteiger partial charge on any atom is -0.385 e. The van der Waals surface area contributed by atoms with Crippen LogP contribution in [0.4, 0.5) is 5.69 Å². The number of nitrogens with one attached hydrogen (secondary N) is 1. The van der Waals surface area contributed by atoms with Crippen molar-refractivity contribution < 1.29 is 0 Å². The van der Waals surface area contributed by atoms with Gasteiger partial charge in [0.05, 0.1) is 5.69 Å². The van der Waals surface area contributed by atoms with Crippen LogP contribution in [0.3, 0.4) is 0 Å². The molecule has 0 spiro atoms. The Bertz CT molecular complexity index is 572. The van der Waals surface area contributed by atoms with Crippen molar-refractivity contribution in [1.29, 1.82) is 0 Å². The summed E-state index contributed by atoms with van der Waals surface area (Å²) in [4.78, 5) is 2.40. The van der Waals surface area contributed by atoms with Crippen LogP contribution >= 0.6 is 0 Å². The van der Waals surface area contributed by atoms with Crippen molar-refractivity contribution >= 4 is 5.69 Å². The molecule has 1 N–H and O–H groups in total. The monoisotopic (exact) mass is 286 g/mol. The predicted octanol–water partition coefficient (Wildman–Crippen LogP) is 1.72. The number of nitrogens with zero attached hydrogens (tertiary/aromatic N) is 5. The fourth-order valence-corrected chi connectivity index (χ4v) is 2.77. The number of benzene rings is 1. The third kappa shape index (κ3) is 3.39. The van der Waals surface area contributed by atoms with E-state index in [1.54, 1.807) is 11.0 Å². The highest BCUT2D eigenvalue weighted by Gasteiger charge is 2.16. The van der Waals surface area contributed by atoms with Crippen LogP contribution in [-0.4, -0.2) is 51.8 Å². The number of likely N-dealkylation sites (tertiary alicyclic amines) is 1. The average Bonchev–Trinajstić information content (AvgIpc) is 3.02. The standard InChI is InChI=1S/C15H22N6/c1-12-3-4-14(9-15(12)21-11-17-18-19-21)16-10-13-5-7-20(2)8-6-13/h3-4,9,11,13,16H,5-8,10H2,1-2H3. The second kappa shape index (κ2) is 6.22. The van der Waals surface area contributed by atoms with Crippen molar-refractivity contribution in [2.24, 2.45) is 5.92 Å². The molecule has 2 heterocycles. The van der Waals surface area contributed by atoms with Crippen molar-refractivity contribution in [3.8, 4) is 5.69 Å². The average molecular weight is 286 g/mol. The first-order chi connectivity index (χ1) is 10.2. The molecule has 0 radical (unpaired) electrons. The Kier molecular flexibility index (Phi) is 4.15. The van der Waals surface area contributed by atoms with Gasteiger partial charge in [0.25, 0.3) is 0 Å². The van der Waals surface area contributed by atoms with Crippen molar-refractivity contribution in [1.82, 2.24) is 25.1 Å². The lowest BCUT2D eigenvalue weighted by molar-refractivity contribution is 0.226. The van der Waals surface area contributed by atoms with E-state index in [1.807, 2.05) is 0 Å². The molecule has 1 fully saturated rings. The summed E-state index contributed by atoms with van der Waals surface area (Å²) < 4.78 is 1.70. The molecule has 0 saturated carbocycles. The zero-order valence-corrected chi connectivity index (χ0v) is 12.7. The van der Waals surface area contributed by atoms with E-state index >= 15 is 0 Å². The van der Waals surface area contributed by atoms with Crippen LogP contribution in [0.1, 0.15) is 18.4 Å². The van der Waals surface area contributed by atoms with E-state index in [2.05, 4.69) is 57.9 Å². The number of tetrazole rings is 1. The summed E-state index contributed by atoms with van der Waals surface area (Å²) in [5.41, 5.74) is 3.31. The Labute approximate surface area is 125 Å². The van der Waals surface area contributed by atoms with E-state index in [1.165, 1.54) is 25.9 Å². The molecule has 3 rings (SSSR count). The minimum atomic E-state index is 0.763. The van der Waals surface area contributed by atoms with Gasteiger partial charge in [0.1, 0.15) is 6.33 Å².